The highest BCUT2D eigenvalue weighted by Gasteiger charge is 2.68. The summed E-state index contributed by atoms with van der Waals surface area (Å²) >= 11 is 0. The van der Waals surface area contributed by atoms with Gasteiger partial charge in [0.05, 0.1) is 12.7 Å². The predicted octanol–water partition coefficient (Wildman–Crippen LogP) is 2.18. The van der Waals surface area contributed by atoms with Gasteiger partial charge in [-0.1, -0.05) is 39.8 Å². The van der Waals surface area contributed by atoms with Crippen molar-refractivity contribution in [3.05, 3.63) is 35.7 Å². The summed E-state index contributed by atoms with van der Waals surface area (Å²) in [4.78, 5) is 38.6. The number of hydrogen-bond donors (Lipinski definition) is 3. The van der Waals surface area contributed by atoms with Gasteiger partial charge in [0.15, 0.2) is 18.2 Å². The molecule has 222 valence electrons. The van der Waals surface area contributed by atoms with Gasteiger partial charge in [-0.2, -0.15) is 0 Å². The highest BCUT2D eigenvalue weighted by atomic mass is 19.1. The van der Waals surface area contributed by atoms with E-state index < -0.39 is 65.8 Å². The van der Waals surface area contributed by atoms with Crippen molar-refractivity contribution in [2.24, 2.45) is 39.7 Å². The van der Waals surface area contributed by atoms with Gasteiger partial charge in [0.2, 0.25) is 5.91 Å². The Morgan fingerprint density at radius 3 is 2.71 bits per heavy atom. The Balaban J connectivity index is 1.48. The fraction of sp³-hybridized carbons (Fsp3) is 0.633. The van der Waals surface area contributed by atoms with Crippen LogP contribution in [0.15, 0.2) is 24.3 Å². The molecule has 3 aliphatic carbocycles. The van der Waals surface area contributed by atoms with Gasteiger partial charge in [0.1, 0.15) is 11.9 Å². The van der Waals surface area contributed by atoms with Crippen LogP contribution < -0.4 is 15.9 Å². The van der Waals surface area contributed by atoms with Gasteiger partial charge >= 0.3 is 13.1 Å². The van der Waals surface area contributed by atoms with E-state index in [9.17, 15) is 24.5 Å². The number of aliphatic hydroxyl groups is 1. The molecule has 1 aliphatic heterocycles. The Bertz CT molecular complexity index is 1290. The van der Waals surface area contributed by atoms with Crippen LogP contribution in [0.5, 0.6) is 5.75 Å². The van der Waals surface area contributed by atoms with Gasteiger partial charge in [0.25, 0.3) is 0 Å². The van der Waals surface area contributed by atoms with E-state index in [0.717, 1.165) is 12.8 Å². The van der Waals surface area contributed by atoms with E-state index in [1.807, 2.05) is 20.8 Å². The average molecular weight is 571 g/mol. The number of amides is 1. The molecule has 0 spiro atoms. The zero-order valence-electron chi connectivity index (χ0n) is 24.0. The fourth-order valence-corrected chi connectivity index (χ4v) is 8.44. The summed E-state index contributed by atoms with van der Waals surface area (Å²) in [5.41, 5.74) is 3.68. The topological polar surface area (TPSA) is 145 Å². The van der Waals surface area contributed by atoms with Gasteiger partial charge in [-0.15, -0.1) is 0 Å². The van der Waals surface area contributed by atoms with Gasteiger partial charge in [-0.25, -0.2) is 9.18 Å². The number of benzene rings is 1. The van der Waals surface area contributed by atoms with E-state index in [-0.39, 0.29) is 41.9 Å². The van der Waals surface area contributed by atoms with E-state index in [4.69, 9.17) is 19.9 Å². The Kier molecular flexibility index (Phi) is 7.62. The second-order valence-electron chi connectivity index (χ2n) is 13.0. The number of carbonyl (C=O) groups is 3. The summed E-state index contributed by atoms with van der Waals surface area (Å²) in [5, 5.41) is 21.7. The molecule has 11 heteroatoms. The van der Waals surface area contributed by atoms with E-state index in [0.29, 0.717) is 18.4 Å². The molecule has 41 heavy (non-hydrogen) atoms. The predicted molar refractivity (Wildman–Crippen MR) is 147 cm³/mol. The zero-order valence-corrected chi connectivity index (χ0v) is 24.0. The van der Waals surface area contributed by atoms with Crippen molar-refractivity contribution in [1.82, 2.24) is 0 Å². The molecule has 1 amide bonds. The molecule has 4 aliphatic rings. The molecule has 3 fully saturated rings. The number of carbonyl (C=O) groups excluding carboxylic acids is 3. The number of rotatable bonds is 6. The number of aliphatic hydroxyl groups excluding tert-OH is 1. The Hall–Kier alpha value is -2.76. The smallest absolute Gasteiger partial charge is 0.479 e. The minimum absolute atomic E-state index is 0.0175. The molecule has 3 saturated carbocycles. The molecule has 5 rings (SSSR count). The van der Waals surface area contributed by atoms with Gasteiger partial charge < -0.3 is 30.0 Å². The summed E-state index contributed by atoms with van der Waals surface area (Å²) in [5.74, 6) is -2.97. The van der Waals surface area contributed by atoms with Crippen LogP contribution in [0.2, 0.25) is 0 Å². The lowest BCUT2D eigenvalue weighted by molar-refractivity contribution is -0.207. The Morgan fingerprint density at radius 2 is 2.00 bits per heavy atom. The van der Waals surface area contributed by atoms with Crippen LogP contribution >= 0.6 is 0 Å². The van der Waals surface area contributed by atoms with Crippen LogP contribution in [0.4, 0.5) is 4.39 Å². The lowest BCUT2D eigenvalue weighted by atomic mass is 9.44. The van der Waals surface area contributed by atoms with Crippen LogP contribution in [0, 0.1) is 39.8 Å². The number of primary amides is 1. The second kappa shape index (κ2) is 10.5. The Morgan fingerprint density at radius 1 is 1.27 bits per heavy atom. The summed E-state index contributed by atoms with van der Waals surface area (Å²) in [7, 11) is -1.41. The number of halogens is 1. The standard InChI is InChI=1S/C30H39BFNO8/c1-16-7-11-30-12-8-19(34)26(30)29(16,4)21(13-28(3,10-9-22(33)35)27(37)17(30)2)41-23(36)15-39-20-6-5-18-14-40-31(38)24(18)25(20)32/h5-6,9-10,16-17,21,26-27,37-38H,7-8,11-15H2,1-4H3,(H2,33,35)/b10-9+. The first-order valence-corrected chi connectivity index (χ1v) is 14.4. The maximum Gasteiger partial charge on any atom is 0.494 e. The van der Waals surface area contributed by atoms with Gasteiger partial charge in [0, 0.05) is 28.6 Å². The maximum absolute atomic E-state index is 15.0. The van der Waals surface area contributed by atoms with E-state index in [1.54, 1.807) is 12.1 Å². The summed E-state index contributed by atoms with van der Waals surface area (Å²) in [6.45, 7) is 7.33. The Labute approximate surface area is 239 Å². The number of fused-ring (bicyclic) bond motifs is 1. The van der Waals surface area contributed by atoms with Crippen molar-refractivity contribution in [2.75, 3.05) is 6.61 Å². The van der Waals surface area contributed by atoms with E-state index >= 15 is 4.39 Å². The second-order valence-corrected chi connectivity index (χ2v) is 13.0. The third kappa shape index (κ3) is 4.70. The number of hydrogen-bond acceptors (Lipinski definition) is 8. The van der Waals surface area contributed by atoms with Crippen molar-refractivity contribution in [3.63, 3.8) is 0 Å². The fourth-order valence-electron chi connectivity index (χ4n) is 8.44. The quantitative estimate of drug-likeness (QED) is 0.268. The normalized spacial score (nSPS) is 38.3. The lowest BCUT2D eigenvalue weighted by Crippen LogP contribution is -2.63. The number of Topliss-reactive ketones (excluding diaryl/α,β-unsaturated/α-hetero) is 1. The molecule has 9 nitrogen and oxygen atoms in total. The largest absolute Gasteiger partial charge is 0.494 e. The van der Waals surface area contributed by atoms with E-state index in [2.05, 4.69) is 6.92 Å². The van der Waals surface area contributed by atoms with Crippen LogP contribution in [0.25, 0.3) is 0 Å². The number of esters is 1. The molecule has 4 N–H and O–H groups in total. The molecule has 1 aromatic carbocycles. The lowest BCUT2D eigenvalue weighted by Gasteiger charge is -2.61. The monoisotopic (exact) mass is 571 g/mol. The minimum atomic E-state index is -1.41. The SMILES string of the molecule is CC1C(O)C(C)(/C=C/C(N)=O)CC(OC(=O)COc2ccc3c(c2F)B(O)OC3)C2(C)C(C)CCC13CCC(=O)C32. The van der Waals surface area contributed by atoms with Crippen LogP contribution in [0.1, 0.15) is 65.4 Å². The summed E-state index contributed by atoms with van der Waals surface area (Å²) in [6.07, 6.45) is 3.83. The van der Waals surface area contributed by atoms with Crippen LogP contribution in [-0.4, -0.2) is 53.7 Å². The molecule has 0 saturated heterocycles. The first-order valence-electron chi connectivity index (χ1n) is 14.4. The van der Waals surface area contributed by atoms with Crippen molar-refractivity contribution in [1.29, 1.82) is 0 Å². The molecule has 2 bridgehead atoms. The molecule has 1 aromatic rings. The first kappa shape index (κ1) is 29.7. The van der Waals surface area contributed by atoms with Crippen molar-refractivity contribution < 1.29 is 43.0 Å². The number of ether oxygens (including phenoxy) is 2. The number of ketones is 1. The molecule has 8 atom stereocenters. The average Bonchev–Trinajstić information content (AvgIpc) is 3.48. The molecular weight excluding hydrogens is 532 g/mol. The van der Waals surface area contributed by atoms with Crippen molar-refractivity contribution in [3.8, 4) is 5.75 Å². The highest BCUT2D eigenvalue weighted by molar-refractivity contribution is 6.61. The summed E-state index contributed by atoms with van der Waals surface area (Å²) < 4.78 is 31.7. The third-order valence-electron chi connectivity index (χ3n) is 11.0. The number of nitrogens with two attached hydrogens (primary N) is 1. The van der Waals surface area contributed by atoms with Crippen LogP contribution in [-0.2, 0) is 30.4 Å². The maximum atomic E-state index is 15.0. The summed E-state index contributed by atoms with van der Waals surface area (Å²) in [6, 6.07) is 2.94. The minimum Gasteiger partial charge on any atom is -0.479 e. The van der Waals surface area contributed by atoms with Crippen molar-refractivity contribution >= 4 is 30.2 Å². The van der Waals surface area contributed by atoms with E-state index in [1.165, 1.54) is 12.1 Å². The van der Waals surface area contributed by atoms with Gasteiger partial charge in [-0.05, 0) is 60.6 Å². The molecular formula is C30H39BFNO8. The highest BCUT2D eigenvalue weighted by Crippen LogP contribution is 2.68. The molecule has 8 unspecified atom stereocenters. The van der Waals surface area contributed by atoms with Gasteiger partial charge in [-0.3, -0.25) is 9.59 Å². The third-order valence-corrected chi connectivity index (χ3v) is 11.0. The first-order chi connectivity index (χ1) is 19.2. The van der Waals surface area contributed by atoms with Crippen molar-refractivity contribution in [2.45, 2.75) is 78.6 Å². The molecule has 0 aromatic heterocycles. The molecule has 1 heterocycles. The molecule has 0 radical (unpaired) electrons. The van der Waals surface area contributed by atoms with Crippen LogP contribution in [0.3, 0.4) is 0 Å². The zero-order chi connectivity index (χ0) is 29.9.